The number of carboxylic acids is 1. The van der Waals surface area contributed by atoms with Crippen LogP contribution in [-0.4, -0.2) is 17.6 Å². The third kappa shape index (κ3) is 3.57. The van der Waals surface area contributed by atoms with Crippen molar-refractivity contribution >= 4 is 11.7 Å². The van der Waals surface area contributed by atoms with Gasteiger partial charge in [-0.1, -0.05) is 13.0 Å². The number of aliphatic carboxylic acids is 1. The summed E-state index contributed by atoms with van der Waals surface area (Å²) < 4.78 is 0. The molecule has 16 heavy (non-hydrogen) atoms. The average molecular weight is 221 g/mol. The van der Waals surface area contributed by atoms with Gasteiger partial charge in [0.25, 0.3) is 0 Å². The number of rotatable bonds is 5. The van der Waals surface area contributed by atoms with Gasteiger partial charge in [0.15, 0.2) is 0 Å². The van der Waals surface area contributed by atoms with Crippen molar-refractivity contribution in [3.05, 3.63) is 29.3 Å². The molecule has 0 spiro atoms. The monoisotopic (exact) mass is 221 g/mol. The number of aryl methyl sites for hydroxylation is 2. The van der Waals surface area contributed by atoms with Crippen LogP contribution in [0.1, 0.15) is 24.5 Å². The van der Waals surface area contributed by atoms with Gasteiger partial charge in [-0.25, -0.2) is 0 Å². The number of nitrogens with one attached hydrogen (secondary N) is 1. The van der Waals surface area contributed by atoms with Crippen molar-refractivity contribution in [3.63, 3.8) is 0 Å². The van der Waals surface area contributed by atoms with Crippen LogP contribution in [0.15, 0.2) is 18.2 Å². The number of carbonyl (C=O) groups is 1. The van der Waals surface area contributed by atoms with Crippen LogP contribution in [0.4, 0.5) is 5.69 Å². The van der Waals surface area contributed by atoms with E-state index in [4.69, 9.17) is 5.11 Å². The Hall–Kier alpha value is -1.51. The molecule has 0 aliphatic heterocycles. The van der Waals surface area contributed by atoms with Crippen molar-refractivity contribution in [2.24, 2.45) is 5.92 Å². The highest BCUT2D eigenvalue weighted by Gasteiger charge is 2.09. The maximum atomic E-state index is 10.6. The summed E-state index contributed by atoms with van der Waals surface area (Å²) in [5.41, 5.74) is 3.57. The Morgan fingerprint density at radius 3 is 2.62 bits per heavy atom. The maximum absolute atomic E-state index is 10.6. The zero-order chi connectivity index (χ0) is 12.1. The second-order valence-corrected chi connectivity index (χ2v) is 4.25. The number of carboxylic acid groups (broad SMARTS) is 1. The van der Waals surface area contributed by atoms with Crippen molar-refractivity contribution in [2.45, 2.75) is 27.2 Å². The van der Waals surface area contributed by atoms with E-state index in [1.54, 1.807) is 6.92 Å². The molecule has 0 radical (unpaired) electrons. The van der Waals surface area contributed by atoms with Gasteiger partial charge in [-0.2, -0.15) is 0 Å². The molecular weight excluding hydrogens is 202 g/mol. The Balaban J connectivity index is 2.43. The van der Waals surface area contributed by atoms with Crippen molar-refractivity contribution in [3.8, 4) is 0 Å². The summed E-state index contributed by atoms with van der Waals surface area (Å²) in [4.78, 5) is 10.6. The highest BCUT2D eigenvalue weighted by molar-refractivity contribution is 5.69. The van der Waals surface area contributed by atoms with Crippen LogP contribution >= 0.6 is 0 Å². The summed E-state index contributed by atoms with van der Waals surface area (Å²) in [7, 11) is 0. The second-order valence-electron chi connectivity index (χ2n) is 4.25. The summed E-state index contributed by atoms with van der Waals surface area (Å²) in [5, 5.41) is 12.0. The molecule has 2 N–H and O–H groups in total. The summed E-state index contributed by atoms with van der Waals surface area (Å²) in [6, 6.07) is 6.17. The van der Waals surface area contributed by atoms with Crippen molar-refractivity contribution < 1.29 is 9.90 Å². The number of anilines is 1. The molecule has 0 aliphatic carbocycles. The molecular formula is C13H19NO2. The second kappa shape index (κ2) is 5.54. The van der Waals surface area contributed by atoms with Crippen molar-refractivity contribution in [2.75, 3.05) is 11.9 Å². The first-order chi connectivity index (χ1) is 7.50. The number of hydrogen-bond acceptors (Lipinski definition) is 2. The molecule has 3 nitrogen and oxygen atoms in total. The third-order valence-electron chi connectivity index (χ3n) is 2.83. The van der Waals surface area contributed by atoms with E-state index < -0.39 is 5.97 Å². The Morgan fingerprint density at radius 1 is 1.38 bits per heavy atom. The fourth-order valence-electron chi connectivity index (χ4n) is 1.41. The molecule has 0 amide bonds. The Bertz CT molecular complexity index is 374. The predicted octanol–water partition coefficient (Wildman–Crippen LogP) is 2.83. The smallest absolute Gasteiger partial charge is 0.306 e. The lowest BCUT2D eigenvalue weighted by molar-refractivity contribution is -0.141. The molecule has 0 bridgehead atoms. The largest absolute Gasteiger partial charge is 0.481 e. The van der Waals surface area contributed by atoms with Crippen LogP contribution in [0.5, 0.6) is 0 Å². The van der Waals surface area contributed by atoms with E-state index in [-0.39, 0.29) is 5.92 Å². The van der Waals surface area contributed by atoms with Gasteiger partial charge in [-0.15, -0.1) is 0 Å². The Morgan fingerprint density at radius 2 is 2.06 bits per heavy atom. The topological polar surface area (TPSA) is 49.3 Å². The molecule has 1 unspecified atom stereocenters. The fraction of sp³-hybridized carbons (Fsp3) is 0.462. The first kappa shape index (κ1) is 12.6. The van der Waals surface area contributed by atoms with Crippen LogP contribution in [-0.2, 0) is 4.79 Å². The first-order valence-corrected chi connectivity index (χ1v) is 5.54. The Labute approximate surface area is 96.5 Å². The molecule has 0 aromatic heterocycles. The van der Waals surface area contributed by atoms with E-state index in [1.807, 2.05) is 6.07 Å². The summed E-state index contributed by atoms with van der Waals surface area (Å²) in [6.07, 6.45) is 0.641. The molecule has 1 aromatic carbocycles. The summed E-state index contributed by atoms with van der Waals surface area (Å²) in [6.45, 7) is 6.56. The minimum Gasteiger partial charge on any atom is -0.481 e. The van der Waals surface area contributed by atoms with Gasteiger partial charge >= 0.3 is 5.97 Å². The molecule has 0 heterocycles. The highest BCUT2D eigenvalue weighted by Crippen LogP contribution is 2.14. The molecule has 0 saturated carbocycles. The van der Waals surface area contributed by atoms with Gasteiger partial charge < -0.3 is 10.4 Å². The van der Waals surface area contributed by atoms with Gasteiger partial charge in [-0.3, -0.25) is 4.79 Å². The Kier molecular flexibility index (Phi) is 4.35. The van der Waals surface area contributed by atoms with Crippen LogP contribution in [0, 0.1) is 19.8 Å². The standard InChI is InChI=1S/C13H19NO2/c1-9-4-5-12(8-11(9)3)14-7-6-10(2)13(15)16/h4-5,8,10,14H,6-7H2,1-3H3,(H,15,16). The summed E-state index contributed by atoms with van der Waals surface area (Å²) in [5.74, 6) is -1.03. The number of hydrogen-bond donors (Lipinski definition) is 2. The van der Waals surface area contributed by atoms with Crippen molar-refractivity contribution in [1.29, 1.82) is 0 Å². The van der Waals surface area contributed by atoms with Gasteiger partial charge in [0.1, 0.15) is 0 Å². The van der Waals surface area contributed by atoms with Gasteiger partial charge in [0.2, 0.25) is 0 Å². The van der Waals surface area contributed by atoms with E-state index in [0.717, 1.165) is 5.69 Å². The molecule has 3 heteroatoms. The van der Waals surface area contributed by atoms with Crippen LogP contribution in [0.3, 0.4) is 0 Å². The van der Waals surface area contributed by atoms with Gasteiger partial charge in [0.05, 0.1) is 5.92 Å². The molecule has 0 fully saturated rings. The first-order valence-electron chi connectivity index (χ1n) is 5.54. The number of benzene rings is 1. The highest BCUT2D eigenvalue weighted by atomic mass is 16.4. The van der Waals surface area contributed by atoms with E-state index in [0.29, 0.717) is 13.0 Å². The maximum Gasteiger partial charge on any atom is 0.306 e. The van der Waals surface area contributed by atoms with E-state index >= 15 is 0 Å². The lowest BCUT2D eigenvalue weighted by atomic mass is 10.1. The molecule has 1 aromatic rings. The van der Waals surface area contributed by atoms with Crippen molar-refractivity contribution in [1.82, 2.24) is 0 Å². The van der Waals surface area contributed by atoms with Gasteiger partial charge in [-0.05, 0) is 43.5 Å². The molecule has 0 saturated heterocycles. The van der Waals surface area contributed by atoms with E-state index in [1.165, 1.54) is 11.1 Å². The van der Waals surface area contributed by atoms with E-state index in [9.17, 15) is 4.79 Å². The zero-order valence-corrected chi connectivity index (χ0v) is 10.1. The minimum absolute atomic E-state index is 0.293. The lowest BCUT2D eigenvalue weighted by Gasteiger charge is -2.10. The lowest BCUT2D eigenvalue weighted by Crippen LogP contribution is -2.14. The SMILES string of the molecule is Cc1ccc(NCCC(C)C(=O)O)cc1C. The molecule has 88 valence electrons. The molecule has 0 aliphatic rings. The quantitative estimate of drug-likeness (QED) is 0.803. The van der Waals surface area contributed by atoms with Crippen LogP contribution < -0.4 is 5.32 Å². The average Bonchev–Trinajstić information content (AvgIpc) is 2.23. The normalized spacial score (nSPS) is 12.2. The van der Waals surface area contributed by atoms with Gasteiger partial charge in [0, 0.05) is 12.2 Å². The minimum atomic E-state index is -0.734. The van der Waals surface area contributed by atoms with E-state index in [2.05, 4.69) is 31.3 Å². The van der Waals surface area contributed by atoms with Crippen LogP contribution in [0.2, 0.25) is 0 Å². The third-order valence-corrected chi connectivity index (χ3v) is 2.83. The fourth-order valence-corrected chi connectivity index (χ4v) is 1.41. The molecule has 1 rings (SSSR count). The van der Waals surface area contributed by atoms with Crippen LogP contribution in [0.25, 0.3) is 0 Å². The predicted molar refractivity (Wildman–Crippen MR) is 65.8 cm³/mol. The zero-order valence-electron chi connectivity index (χ0n) is 10.1. The molecule has 1 atom stereocenters. The summed E-state index contributed by atoms with van der Waals surface area (Å²) >= 11 is 0.